The van der Waals surface area contributed by atoms with E-state index in [0.29, 0.717) is 39.1 Å². The Morgan fingerprint density at radius 3 is 2.67 bits per heavy atom. The number of aryl methyl sites for hydroxylation is 1. The molecule has 0 fully saturated rings. The van der Waals surface area contributed by atoms with E-state index in [-0.39, 0.29) is 23.9 Å². The SMILES string of the molecule is Cc1cccc2cc(CNc3ncnc(N)c3C(=[NH2+])c3ccc4oc(N)nc4c3)n(-c3ccccc3)c(=O)c12. The molecule has 0 saturated carbocycles. The summed E-state index contributed by atoms with van der Waals surface area (Å²) in [6.07, 6.45) is 1.37. The Morgan fingerprint density at radius 2 is 1.85 bits per heavy atom. The molecule has 3 heterocycles. The lowest BCUT2D eigenvalue weighted by Crippen LogP contribution is -2.42. The van der Waals surface area contributed by atoms with Crippen molar-refractivity contribution in [3.05, 3.63) is 112 Å². The first-order chi connectivity index (χ1) is 18.9. The third-order valence-corrected chi connectivity index (χ3v) is 6.64. The maximum Gasteiger partial charge on any atom is 0.292 e. The van der Waals surface area contributed by atoms with Gasteiger partial charge in [0.25, 0.3) is 11.6 Å². The fourth-order valence-electron chi connectivity index (χ4n) is 4.81. The summed E-state index contributed by atoms with van der Waals surface area (Å²) in [4.78, 5) is 26.5. The molecule has 0 bridgehead atoms. The van der Waals surface area contributed by atoms with E-state index in [2.05, 4.69) is 20.3 Å². The Hall–Kier alpha value is -5.51. The molecule has 10 heteroatoms. The van der Waals surface area contributed by atoms with E-state index in [1.54, 1.807) is 22.8 Å². The van der Waals surface area contributed by atoms with Crippen molar-refractivity contribution in [1.82, 2.24) is 19.5 Å². The number of aromatic nitrogens is 4. The van der Waals surface area contributed by atoms with Crippen LogP contribution < -0.4 is 27.8 Å². The predicted octanol–water partition coefficient (Wildman–Crippen LogP) is 2.60. The molecule has 0 saturated heterocycles. The second kappa shape index (κ2) is 9.42. The van der Waals surface area contributed by atoms with Crippen molar-refractivity contribution >= 4 is 45.2 Å². The van der Waals surface area contributed by atoms with E-state index in [9.17, 15) is 4.79 Å². The van der Waals surface area contributed by atoms with E-state index in [1.807, 2.05) is 61.5 Å². The number of fused-ring (bicyclic) bond motifs is 2. The number of hydrogen-bond donors (Lipinski definition) is 4. The van der Waals surface area contributed by atoms with Gasteiger partial charge in [-0.25, -0.2) is 9.97 Å². The minimum atomic E-state index is -0.0951. The highest BCUT2D eigenvalue weighted by Crippen LogP contribution is 2.25. The normalized spacial score (nSPS) is 11.2. The third kappa shape index (κ3) is 4.23. The highest BCUT2D eigenvalue weighted by Gasteiger charge is 2.22. The van der Waals surface area contributed by atoms with Crippen LogP contribution >= 0.6 is 0 Å². The Kier molecular flexibility index (Phi) is 5.76. The van der Waals surface area contributed by atoms with Crippen LogP contribution in [-0.2, 0) is 6.54 Å². The average molecular weight is 518 g/mol. The lowest BCUT2D eigenvalue weighted by atomic mass is 10.0. The van der Waals surface area contributed by atoms with Gasteiger partial charge in [-0.1, -0.05) is 36.4 Å². The van der Waals surface area contributed by atoms with Gasteiger partial charge in [0.1, 0.15) is 29.0 Å². The third-order valence-electron chi connectivity index (χ3n) is 6.64. The number of benzene rings is 3. The van der Waals surface area contributed by atoms with Gasteiger partial charge in [-0.15, -0.1) is 0 Å². The summed E-state index contributed by atoms with van der Waals surface area (Å²) < 4.78 is 7.08. The molecule has 0 radical (unpaired) electrons. The van der Waals surface area contributed by atoms with Crippen molar-refractivity contribution in [3.8, 4) is 5.69 Å². The van der Waals surface area contributed by atoms with Crippen molar-refractivity contribution in [2.45, 2.75) is 13.5 Å². The summed E-state index contributed by atoms with van der Waals surface area (Å²) in [7, 11) is 0. The minimum Gasteiger partial charge on any atom is -0.424 e. The summed E-state index contributed by atoms with van der Waals surface area (Å²) >= 11 is 0. The zero-order valence-electron chi connectivity index (χ0n) is 21.1. The molecule has 0 unspecified atom stereocenters. The molecule has 0 aliphatic carbocycles. The Labute approximate surface area is 222 Å². The van der Waals surface area contributed by atoms with Crippen LogP contribution in [0.3, 0.4) is 0 Å². The van der Waals surface area contributed by atoms with Crippen LogP contribution in [-0.4, -0.2) is 25.2 Å². The van der Waals surface area contributed by atoms with Crippen LogP contribution in [0.5, 0.6) is 0 Å². The number of para-hydroxylation sites is 1. The number of pyridine rings is 1. The first kappa shape index (κ1) is 23.9. The molecule has 39 heavy (non-hydrogen) atoms. The van der Waals surface area contributed by atoms with Crippen LogP contribution in [0.4, 0.5) is 17.7 Å². The molecule has 10 nitrogen and oxygen atoms in total. The molecule has 7 N–H and O–H groups in total. The first-order valence-corrected chi connectivity index (χ1v) is 12.2. The molecule has 6 rings (SSSR count). The molecule has 0 atom stereocenters. The smallest absolute Gasteiger partial charge is 0.292 e. The molecule has 0 aliphatic rings. The summed E-state index contributed by atoms with van der Waals surface area (Å²) in [5.74, 6) is 0.635. The van der Waals surface area contributed by atoms with Gasteiger partial charge in [0.05, 0.1) is 11.9 Å². The topological polar surface area (TPSA) is 163 Å². The largest absolute Gasteiger partial charge is 0.424 e. The van der Waals surface area contributed by atoms with Crippen molar-refractivity contribution in [3.63, 3.8) is 0 Å². The molecule has 0 spiro atoms. The van der Waals surface area contributed by atoms with Crippen molar-refractivity contribution in [2.24, 2.45) is 0 Å². The fraction of sp³-hybridized carbons (Fsp3) is 0.0690. The zero-order chi connectivity index (χ0) is 27.1. The molecular formula is C29H25N8O2+. The van der Waals surface area contributed by atoms with Gasteiger partial charge in [0.2, 0.25) is 5.71 Å². The predicted molar refractivity (Wildman–Crippen MR) is 152 cm³/mol. The Morgan fingerprint density at radius 1 is 1.03 bits per heavy atom. The lowest BCUT2D eigenvalue weighted by molar-refractivity contribution is -0.111. The van der Waals surface area contributed by atoms with Crippen LogP contribution in [0.25, 0.3) is 27.6 Å². The number of hydrogen-bond acceptors (Lipinski definition) is 8. The van der Waals surface area contributed by atoms with Crippen molar-refractivity contribution < 1.29 is 9.83 Å². The second-order valence-corrected chi connectivity index (χ2v) is 9.14. The summed E-state index contributed by atoms with van der Waals surface area (Å²) in [6, 6.07) is 22.7. The number of nitrogens with one attached hydrogen (secondary N) is 1. The highest BCUT2D eigenvalue weighted by atomic mass is 16.4. The molecule has 192 valence electrons. The van der Waals surface area contributed by atoms with Gasteiger partial charge >= 0.3 is 0 Å². The molecular weight excluding hydrogens is 492 g/mol. The molecule has 3 aromatic heterocycles. The van der Waals surface area contributed by atoms with E-state index >= 15 is 0 Å². The van der Waals surface area contributed by atoms with Crippen molar-refractivity contribution in [2.75, 3.05) is 16.8 Å². The number of rotatable bonds is 6. The van der Waals surface area contributed by atoms with Gasteiger partial charge in [0.15, 0.2) is 5.58 Å². The van der Waals surface area contributed by atoms with Gasteiger partial charge in [0, 0.05) is 16.9 Å². The molecule has 3 aromatic carbocycles. The number of nitrogens with zero attached hydrogens (tertiary/aromatic N) is 4. The minimum absolute atomic E-state index is 0.0701. The summed E-state index contributed by atoms with van der Waals surface area (Å²) in [6.45, 7) is 2.21. The fourth-order valence-corrected chi connectivity index (χ4v) is 4.81. The van der Waals surface area contributed by atoms with E-state index in [4.69, 9.17) is 21.3 Å². The van der Waals surface area contributed by atoms with Crippen molar-refractivity contribution in [1.29, 1.82) is 0 Å². The van der Waals surface area contributed by atoms with Gasteiger partial charge in [-0.3, -0.25) is 14.8 Å². The maximum atomic E-state index is 13.7. The van der Waals surface area contributed by atoms with Gasteiger partial charge < -0.3 is 21.2 Å². The number of nitrogens with two attached hydrogens (primary N) is 3. The average Bonchev–Trinajstić information content (AvgIpc) is 3.31. The van der Waals surface area contributed by atoms with Crippen LogP contribution in [0, 0.1) is 6.92 Å². The second-order valence-electron chi connectivity index (χ2n) is 9.14. The highest BCUT2D eigenvalue weighted by molar-refractivity contribution is 6.15. The summed E-state index contributed by atoms with van der Waals surface area (Å²) in [5, 5.41) is 11.5. The van der Waals surface area contributed by atoms with E-state index in [1.165, 1.54) is 6.33 Å². The zero-order valence-corrected chi connectivity index (χ0v) is 21.1. The standard InChI is InChI=1S/C29H24N8O2/c1-16-6-5-7-17-12-20(37(28(38)23(16)17)19-8-3-2-4-9-19)14-33-27-24(26(31)34-15-35-27)25(30)18-10-11-22-21(13-18)36-29(32)39-22/h2-13,15,30H,14H2,1H3,(H2,32,36)(H3,31,33,34,35)/p+1. The Bertz CT molecular complexity index is 1940. The van der Waals surface area contributed by atoms with E-state index < -0.39 is 0 Å². The quantitative estimate of drug-likeness (QED) is 0.245. The molecule has 0 amide bonds. The maximum absolute atomic E-state index is 13.7. The van der Waals surface area contributed by atoms with Crippen LogP contribution in [0.15, 0.2) is 88.3 Å². The number of nitrogen functional groups attached to an aromatic ring is 2. The van der Waals surface area contributed by atoms with Gasteiger partial charge in [-0.2, -0.15) is 4.98 Å². The number of anilines is 3. The Balaban J connectivity index is 1.42. The lowest BCUT2D eigenvalue weighted by Gasteiger charge is -2.17. The summed E-state index contributed by atoms with van der Waals surface area (Å²) in [5.41, 5.74) is 16.9. The molecule has 6 aromatic rings. The van der Waals surface area contributed by atoms with Crippen LogP contribution in [0.2, 0.25) is 0 Å². The molecule has 0 aliphatic heterocycles. The monoisotopic (exact) mass is 517 g/mol. The first-order valence-electron chi connectivity index (χ1n) is 12.2. The van der Waals surface area contributed by atoms with Gasteiger partial charge in [-0.05, 0) is 54.3 Å². The number of oxazole rings is 1. The van der Waals surface area contributed by atoms with Crippen LogP contribution in [0.1, 0.15) is 22.4 Å². The van der Waals surface area contributed by atoms with E-state index in [0.717, 1.165) is 22.3 Å².